The average Bonchev–Trinajstić information content (AvgIpc) is 2.56. The molecular formula is C9H16N4O2. The molecule has 6 heteroatoms. The summed E-state index contributed by atoms with van der Waals surface area (Å²) in [5.74, 6) is -0.199. The van der Waals surface area contributed by atoms with Crippen LogP contribution in [0.5, 0.6) is 0 Å². The zero-order valence-electron chi connectivity index (χ0n) is 8.58. The van der Waals surface area contributed by atoms with Crippen molar-refractivity contribution >= 4 is 11.9 Å². The van der Waals surface area contributed by atoms with E-state index in [0.717, 1.165) is 32.7 Å². The van der Waals surface area contributed by atoms with Crippen LogP contribution >= 0.6 is 0 Å². The Labute approximate surface area is 88.4 Å². The lowest BCUT2D eigenvalue weighted by molar-refractivity contribution is -0.120. The molecule has 3 amide bonds. The Morgan fingerprint density at radius 3 is 2.60 bits per heavy atom. The summed E-state index contributed by atoms with van der Waals surface area (Å²) in [5.41, 5.74) is 0. The van der Waals surface area contributed by atoms with Gasteiger partial charge < -0.3 is 15.5 Å². The van der Waals surface area contributed by atoms with Crippen molar-refractivity contribution in [1.29, 1.82) is 0 Å². The predicted molar refractivity (Wildman–Crippen MR) is 54.4 cm³/mol. The lowest BCUT2D eigenvalue weighted by Crippen LogP contribution is -2.45. The van der Waals surface area contributed by atoms with Gasteiger partial charge in [0.05, 0.1) is 0 Å². The van der Waals surface area contributed by atoms with E-state index in [1.165, 1.54) is 0 Å². The molecule has 2 aliphatic heterocycles. The minimum atomic E-state index is -0.370. The lowest BCUT2D eigenvalue weighted by atomic mass is 10.2. The van der Waals surface area contributed by atoms with Gasteiger partial charge >= 0.3 is 6.03 Å². The number of nitrogens with zero attached hydrogens (tertiary/aromatic N) is 1. The zero-order valence-corrected chi connectivity index (χ0v) is 8.58. The molecular weight excluding hydrogens is 196 g/mol. The molecule has 0 aliphatic carbocycles. The molecule has 2 heterocycles. The number of hydrogen-bond acceptors (Lipinski definition) is 4. The van der Waals surface area contributed by atoms with Gasteiger partial charge in [0.25, 0.3) is 5.91 Å². The number of amides is 3. The maximum absolute atomic E-state index is 11.2. The van der Waals surface area contributed by atoms with E-state index >= 15 is 0 Å². The summed E-state index contributed by atoms with van der Waals surface area (Å²) in [6.07, 6.45) is 0.692. The Kier molecular flexibility index (Phi) is 3.17. The summed E-state index contributed by atoms with van der Waals surface area (Å²) >= 11 is 0. The topological polar surface area (TPSA) is 73.5 Å². The highest BCUT2D eigenvalue weighted by atomic mass is 16.2. The van der Waals surface area contributed by atoms with Crippen molar-refractivity contribution in [2.75, 3.05) is 32.7 Å². The molecule has 0 aromatic heterocycles. The van der Waals surface area contributed by atoms with Gasteiger partial charge in [-0.05, 0) is 6.42 Å². The predicted octanol–water partition coefficient (Wildman–Crippen LogP) is -1.51. The lowest BCUT2D eigenvalue weighted by Gasteiger charge is -2.27. The van der Waals surface area contributed by atoms with Gasteiger partial charge in [-0.25, -0.2) is 4.79 Å². The van der Waals surface area contributed by atoms with Gasteiger partial charge in [-0.15, -0.1) is 0 Å². The Morgan fingerprint density at radius 2 is 2.00 bits per heavy atom. The van der Waals surface area contributed by atoms with E-state index in [0.29, 0.717) is 6.42 Å². The number of urea groups is 1. The molecule has 0 saturated carbocycles. The third-order valence-electron chi connectivity index (χ3n) is 2.80. The number of imide groups is 1. The molecule has 1 atom stereocenters. The van der Waals surface area contributed by atoms with Crippen molar-refractivity contribution in [2.45, 2.75) is 12.5 Å². The third kappa shape index (κ3) is 2.66. The first-order valence-corrected chi connectivity index (χ1v) is 5.30. The highest BCUT2D eigenvalue weighted by Crippen LogP contribution is 2.02. The van der Waals surface area contributed by atoms with Crippen molar-refractivity contribution in [3.8, 4) is 0 Å². The SMILES string of the molecule is O=C1NC(=O)C(CCN2CCNCC2)N1. The monoisotopic (exact) mass is 212 g/mol. The fraction of sp³-hybridized carbons (Fsp3) is 0.778. The third-order valence-corrected chi connectivity index (χ3v) is 2.80. The molecule has 2 fully saturated rings. The average molecular weight is 212 g/mol. The molecule has 0 radical (unpaired) electrons. The number of hydrogen-bond donors (Lipinski definition) is 3. The number of nitrogens with one attached hydrogen (secondary N) is 3. The number of carbonyl (C=O) groups is 2. The minimum absolute atomic E-state index is 0.199. The fourth-order valence-corrected chi connectivity index (χ4v) is 1.91. The van der Waals surface area contributed by atoms with Crippen LogP contribution in [0.25, 0.3) is 0 Å². The summed E-state index contributed by atoms with van der Waals surface area (Å²) in [4.78, 5) is 24.4. The van der Waals surface area contributed by atoms with Crippen molar-refractivity contribution in [1.82, 2.24) is 20.9 Å². The highest BCUT2D eigenvalue weighted by Gasteiger charge is 2.29. The van der Waals surface area contributed by atoms with E-state index in [4.69, 9.17) is 0 Å². The van der Waals surface area contributed by atoms with Crippen LogP contribution in [0.4, 0.5) is 4.79 Å². The molecule has 0 aromatic rings. The van der Waals surface area contributed by atoms with E-state index in [2.05, 4.69) is 20.9 Å². The molecule has 15 heavy (non-hydrogen) atoms. The summed E-state index contributed by atoms with van der Waals surface area (Å²) in [5, 5.41) is 8.10. The maximum Gasteiger partial charge on any atom is 0.322 e. The maximum atomic E-state index is 11.2. The summed E-state index contributed by atoms with van der Waals surface area (Å²) in [6, 6.07) is -0.710. The quantitative estimate of drug-likeness (QED) is 0.497. The van der Waals surface area contributed by atoms with Crippen LogP contribution < -0.4 is 16.0 Å². The van der Waals surface area contributed by atoms with Crippen LogP contribution in [-0.4, -0.2) is 55.6 Å². The second kappa shape index (κ2) is 4.59. The van der Waals surface area contributed by atoms with Crippen LogP contribution in [-0.2, 0) is 4.79 Å². The fourth-order valence-electron chi connectivity index (χ4n) is 1.91. The van der Waals surface area contributed by atoms with Gasteiger partial charge in [-0.1, -0.05) is 0 Å². The second-order valence-corrected chi connectivity index (χ2v) is 3.90. The van der Waals surface area contributed by atoms with Crippen LogP contribution in [0.1, 0.15) is 6.42 Å². The van der Waals surface area contributed by atoms with Gasteiger partial charge in [0, 0.05) is 32.7 Å². The molecule has 84 valence electrons. The van der Waals surface area contributed by atoms with Crippen molar-refractivity contribution < 1.29 is 9.59 Å². The van der Waals surface area contributed by atoms with Crippen LogP contribution in [0.2, 0.25) is 0 Å². The van der Waals surface area contributed by atoms with Crippen LogP contribution in [0.15, 0.2) is 0 Å². The molecule has 0 aromatic carbocycles. The van der Waals surface area contributed by atoms with E-state index in [1.54, 1.807) is 0 Å². The summed E-state index contributed by atoms with van der Waals surface area (Å²) in [6.45, 7) is 4.90. The second-order valence-electron chi connectivity index (χ2n) is 3.90. The van der Waals surface area contributed by atoms with E-state index in [1.807, 2.05) is 0 Å². The molecule has 6 nitrogen and oxygen atoms in total. The largest absolute Gasteiger partial charge is 0.326 e. The number of rotatable bonds is 3. The first-order valence-electron chi connectivity index (χ1n) is 5.30. The molecule has 2 aliphatic rings. The Bertz CT molecular complexity index is 263. The van der Waals surface area contributed by atoms with Gasteiger partial charge in [0.15, 0.2) is 0 Å². The van der Waals surface area contributed by atoms with E-state index in [-0.39, 0.29) is 18.0 Å². The first kappa shape index (κ1) is 10.4. The normalized spacial score (nSPS) is 27.6. The van der Waals surface area contributed by atoms with E-state index in [9.17, 15) is 9.59 Å². The van der Waals surface area contributed by atoms with Gasteiger partial charge in [0.2, 0.25) is 0 Å². The van der Waals surface area contributed by atoms with Crippen molar-refractivity contribution in [3.05, 3.63) is 0 Å². The Morgan fingerprint density at radius 1 is 1.27 bits per heavy atom. The summed E-state index contributed by atoms with van der Waals surface area (Å²) in [7, 11) is 0. The highest BCUT2D eigenvalue weighted by molar-refractivity contribution is 6.04. The van der Waals surface area contributed by atoms with Gasteiger partial charge in [-0.2, -0.15) is 0 Å². The molecule has 2 saturated heterocycles. The van der Waals surface area contributed by atoms with Crippen molar-refractivity contribution in [3.63, 3.8) is 0 Å². The van der Waals surface area contributed by atoms with Gasteiger partial charge in [0.1, 0.15) is 6.04 Å². The molecule has 1 unspecified atom stereocenters. The Hall–Kier alpha value is -1.14. The first-order chi connectivity index (χ1) is 7.25. The zero-order chi connectivity index (χ0) is 10.7. The molecule has 0 spiro atoms. The number of carbonyl (C=O) groups excluding carboxylic acids is 2. The van der Waals surface area contributed by atoms with Crippen molar-refractivity contribution in [2.24, 2.45) is 0 Å². The molecule has 2 rings (SSSR count). The minimum Gasteiger partial charge on any atom is -0.326 e. The summed E-state index contributed by atoms with van der Waals surface area (Å²) < 4.78 is 0. The Balaban J connectivity index is 1.73. The standard InChI is InChI=1S/C9H16N4O2/c14-8-7(11-9(15)12-8)1-4-13-5-2-10-3-6-13/h7,10H,1-6H2,(H2,11,12,14,15). The smallest absolute Gasteiger partial charge is 0.322 e. The van der Waals surface area contributed by atoms with E-state index < -0.39 is 0 Å². The molecule has 3 N–H and O–H groups in total. The van der Waals surface area contributed by atoms with Crippen LogP contribution in [0.3, 0.4) is 0 Å². The number of piperazine rings is 1. The van der Waals surface area contributed by atoms with Crippen LogP contribution in [0, 0.1) is 0 Å². The van der Waals surface area contributed by atoms with Gasteiger partial charge in [-0.3, -0.25) is 10.1 Å². The molecule has 0 bridgehead atoms.